The van der Waals surface area contributed by atoms with Gasteiger partial charge in [-0.3, -0.25) is 0 Å². The molecule has 2 atom stereocenters. The zero-order valence-electron chi connectivity index (χ0n) is 23.0. The topological polar surface area (TPSA) is 27.7 Å². The van der Waals surface area contributed by atoms with Gasteiger partial charge in [0.15, 0.2) is 17.5 Å². The maximum Gasteiger partial charge on any atom is 0.432 e. The summed E-state index contributed by atoms with van der Waals surface area (Å²) >= 11 is 0. The quantitative estimate of drug-likeness (QED) is 0.138. The van der Waals surface area contributed by atoms with Gasteiger partial charge >= 0.3 is 6.11 Å². The van der Waals surface area contributed by atoms with Crippen LogP contribution in [0, 0.1) is 34.9 Å². The molecule has 1 saturated heterocycles. The van der Waals surface area contributed by atoms with Crippen LogP contribution in [0.15, 0.2) is 72.8 Å². The van der Waals surface area contributed by atoms with E-state index in [4.69, 9.17) is 9.47 Å². The van der Waals surface area contributed by atoms with Crippen molar-refractivity contribution in [3.05, 3.63) is 119 Å². The first-order valence-corrected chi connectivity index (χ1v) is 13.0. The Hall–Kier alpha value is -3.96. The van der Waals surface area contributed by atoms with Crippen LogP contribution in [0.25, 0.3) is 16.7 Å². The first-order chi connectivity index (χ1) is 20.3. The third kappa shape index (κ3) is 7.17. The van der Waals surface area contributed by atoms with E-state index in [1.807, 2.05) is 0 Å². The van der Waals surface area contributed by atoms with E-state index < -0.39 is 57.9 Å². The number of hydrogen-bond donors (Lipinski definition) is 0. The Morgan fingerprint density at radius 3 is 2.07 bits per heavy atom. The number of allylic oxidation sites excluding steroid dienone is 3. The molecule has 0 N–H and O–H groups in total. The maximum atomic E-state index is 15.1. The molecule has 11 heteroatoms. The molecule has 1 fully saturated rings. The largest absolute Gasteiger partial charge is 0.432 e. The Bertz CT molecular complexity index is 1530. The second kappa shape index (κ2) is 13.1. The van der Waals surface area contributed by atoms with Gasteiger partial charge in [-0.2, -0.15) is 8.78 Å². The predicted molar refractivity (Wildman–Crippen MR) is 144 cm³/mol. The molecule has 0 aliphatic carbocycles. The minimum absolute atomic E-state index is 0.0300. The molecular weight excluding hydrogens is 584 g/mol. The molecule has 228 valence electrons. The average Bonchev–Trinajstić information content (AvgIpc) is 2.95. The van der Waals surface area contributed by atoms with Gasteiger partial charge in [0.25, 0.3) is 0 Å². The molecule has 2 unspecified atom stereocenters. The molecule has 0 radical (unpaired) electrons. The van der Waals surface area contributed by atoms with E-state index in [0.717, 1.165) is 24.5 Å². The van der Waals surface area contributed by atoms with E-state index in [1.165, 1.54) is 12.1 Å². The minimum atomic E-state index is -4.76. The molecule has 0 amide bonds. The molecule has 0 spiro atoms. The Kier molecular flexibility index (Phi) is 9.76. The van der Waals surface area contributed by atoms with Gasteiger partial charge in [0, 0.05) is 24.8 Å². The number of ether oxygens (including phenoxy) is 3. The SMILES string of the molecule is C=C/C(=C\C=C(/C)c1ccc(-c2cc(F)c(C(F)(F)Oc3cc(F)c(F)c(F)c3)c(F)c2)c(F)c1)C1CCC(OC)CO1. The van der Waals surface area contributed by atoms with Gasteiger partial charge in [0.2, 0.25) is 0 Å². The monoisotopic (exact) mass is 610 g/mol. The van der Waals surface area contributed by atoms with Crippen LogP contribution in [-0.2, 0) is 15.6 Å². The first kappa shape index (κ1) is 32.0. The lowest BCUT2D eigenvalue weighted by Gasteiger charge is -2.28. The summed E-state index contributed by atoms with van der Waals surface area (Å²) in [5.41, 5.74) is -0.640. The lowest BCUT2D eigenvalue weighted by molar-refractivity contribution is -0.189. The first-order valence-electron chi connectivity index (χ1n) is 13.0. The number of methoxy groups -OCH3 is 1. The van der Waals surface area contributed by atoms with Crippen LogP contribution in [0.2, 0.25) is 0 Å². The van der Waals surface area contributed by atoms with Gasteiger partial charge in [0.05, 0.1) is 18.8 Å². The summed E-state index contributed by atoms with van der Waals surface area (Å²) in [5.74, 6) is -11.4. The molecule has 0 bridgehead atoms. The number of benzene rings is 3. The van der Waals surface area contributed by atoms with Crippen molar-refractivity contribution < 1.29 is 49.3 Å². The Labute approximate surface area is 242 Å². The Balaban J connectivity index is 1.56. The fraction of sp³-hybridized carbons (Fsp3) is 0.250. The smallest absolute Gasteiger partial charge is 0.429 e. The van der Waals surface area contributed by atoms with Crippen molar-refractivity contribution in [3.63, 3.8) is 0 Å². The molecule has 1 heterocycles. The van der Waals surface area contributed by atoms with E-state index in [2.05, 4.69) is 11.3 Å². The third-order valence-electron chi connectivity index (χ3n) is 6.97. The van der Waals surface area contributed by atoms with Crippen molar-refractivity contribution in [2.75, 3.05) is 13.7 Å². The molecule has 3 nitrogen and oxygen atoms in total. The zero-order chi connectivity index (χ0) is 31.5. The Morgan fingerprint density at radius 2 is 1.53 bits per heavy atom. The summed E-state index contributed by atoms with van der Waals surface area (Å²) in [6.07, 6.45) is 1.86. The van der Waals surface area contributed by atoms with Crippen LogP contribution in [0.3, 0.4) is 0 Å². The molecular formula is C32H26F8O3. The number of hydrogen-bond acceptors (Lipinski definition) is 3. The van der Waals surface area contributed by atoms with E-state index >= 15 is 4.39 Å². The fourth-order valence-corrected chi connectivity index (χ4v) is 4.59. The Morgan fingerprint density at radius 1 is 0.884 bits per heavy atom. The second-order valence-corrected chi connectivity index (χ2v) is 9.81. The van der Waals surface area contributed by atoms with E-state index in [1.54, 1.807) is 32.3 Å². The summed E-state index contributed by atoms with van der Waals surface area (Å²) < 4.78 is 129. The van der Waals surface area contributed by atoms with Crippen molar-refractivity contribution in [1.82, 2.24) is 0 Å². The lowest BCUT2D eigenvalue weighted by atomic mass is 9.97. The van der Waals surface area contributed by atoms with Crippen molar-refractivity contribution >= 4 is 5.57 Å². The molecule has 4 rings (SSSR count). The highest BCUT2D eigenvalue weighted by Crippen LogP contribution is 2.38. The van der Waals surface area contributed by atoms with Gasteiger partial charge in [-0.05, 0) is 60.2 Å². The van der Waals surface area contributed by atoms with Gasteiger partial charge < -0.3 is 14.2 Å². The van der Waals surface area contributed by atoms with Crippen molar-refractivity contribution in [2.24, 2.45) is 0 Å². The van der Waals surface area contributed by atoms with Crippen molar-refractivity contribution in [3.8, 4) is 16.9 Å². The lowest BCUT2D eigenvalue weighted by Crippen LogP contribution is -2.31. The van der Waals surface area contributed by atoms with Gasteiger partial charge in [0.1, 0.15) is 28.8 Å². The van der Waals surface area contributed by atoms with Crippen molar-refractivity contribution in [1.29, 1.82) is 0 Å². The summed E-state index contributed by atoms with van der Waals surface area (Å²) in [4.78, 5) is 0. The van der Waals surface area contributed by atoms with E-state index in [9.17, 15) is 30.7 Å². The fourth-order valence-electron chi connectivity index (χ4n) is 4.59. The molecule has 0 saturated carbocycles. The molecule has 1 aliphatic rings. The summed E-state index contributed by atoms with van der Waals surface area (Å²) in [5, 5.41) is 0. The number of rotatable bonds is 9. The molecule has 3 aromatic rings. The van der Waals surface area contributed by atoms with Crippen LogP contribution in [-0.4, -0.2) is 25.9 Å². The minimum Gasteiger partial charge on any atom is -0.429 e. The molecule has 0 aromatic heterocycles. The van der Waals surface area contributed by atoms with Crippen molar-refractivity contribution in [2.45, 2.75) is 38.1 Å². The zero-order valence-corrected chi connectivity index (χ0v) is 23.0. The number of alkyl halides is 2. The van der Waals surface area contributed by atoms with Crippen LogP contribution < -0.4 is 4.74 Å². The maximum absolute atomic E-state index is 15.1. The van der Waals surface area contributed by atoms with Crippen LogP contribution >= 0.6 is 0 Å². The molecule has 1 aliphatic heterocycles. The summed E-state index contributed by atoms with van der Waals surface area (Å²) in [6, 6.07) is 4.99. The normalized spacial score (nSPS) is 18.1. The van der Waals surface area contributed by atoms with Gasteiger partial charge in [-0.1, -0.05) is 36.9 Å². The average molecular weight is 611 g/mol. The summed E-state index contributed by atoms with van der Waals surface area (Å²) in [7, 11) is 1.62. The second-order valence-electron chi connectivity index (χ2n) is 9.81. The standard InChI is InChI=1S/C32H26F8O3/c1-4-18(29-10-8-21(41-3)16-42-29)6-5-17(2)19-7-9-23(24(33)11-19)20-12-25(34)30(26(35)13-20)32(39,40)43-22-14-27(36)31(38)28(37)15-22/h4-7,9,11-15,21,29H,1,8,10,16H2,2-3H3/b17-5+,18-6+. The van der Waals surface area contributed by atoms with E-state index in [0.29, 0.717) is 29.9 Å². The molecule has 43 heavy (non-hydrogen) atoms. The summed E-state index contributed by atoms with van der Waals surface area (Å²) in [6.45, 7) is 6.00. The van der Waals surface area contributed by atoms with Gasteiger partial charge in [-0.15, -0.1) is 0 Å². The van der Waals surface area contributed by atoms with Crippen LogP contribution in [0.4, 0.5) is 35.1 Å². The highest BCUT2D eigenvalue weighted by Gasteiger charge is 2.41. The third-order valence-corrected chi connectivity index (χ3v) is 6.97. The van der Waals surface area contributed by atoms with Crippen LogP contribution in [0.1, 0.15) is 30.9 Å². The van der Waals surface area contributed by atoms with E-state index in [-0.39, 0.29) is 29.9 Å². The number of halogens is 8. The predicted octanol–water partition coefficient (Wildman–Crippen LogP) is 9.03. The highest BCUT2D eigenvalue weighted by molar-refractivity contribution is 5.71. The highest BCUT2D eigenvalue weighted by atomic mass is 19.3. The van der Waals surface area contributed by atoms with Crippen LogP contribution in [0.5, 0.6) is 5.75 Å². The molecule has 3 aromatic carbocycles. The van der Waals surface area contributed by atoms with Gasteiger partial charge in [-0.25, -0.2) is 26.3 Å².